The van der Waals surface area contributed by atoms with Crippen molar-refractivity contribution in [2.45, 2.75) is 38.8 Å². The van der Waals surface area contributed by atoms with Crippen LogP contribution in [-0.4, -0.2) is 25.5 Å². The highest BCUT2D eigenvalue weighted by Gasteiger charge is 2.46. The van der Waals surface area contributed by atoms with Gasteiger partial charge in [-0.15, -0.1) is 0 Å². The van der Waals surface area contributed by atoms with Crippen LogP contribution in [0.2, 0.25) is 0 Å². The van der Waals surface area contributed by atoms with E-state index in [4.69, 9.17) is 0 Å². The Bertz CT molecular complexity index is 445. The molecule has 0 bridgehead atoms. The number of piperidine rings is 1. The first-order chi connectivity index (χ1) is 8.95. The number of hydrogen-bond acceptors (Lipinski definition) is 1. The van der Waals surface area contributed by atoms with Crippen LogP contribution < -0.4 is 10.2 Å². The summed E-state index contributed by atoms with van der Waals surface area (Å²) < 4.78 is 0. The molecule has 2 rings (SSSR count). The summed E-state index contributed by atoms with van der Waals surface area (Å²) in [5.74, 6) is 0.484. The van der Waals surface area contributed by atoms with Crippen molar-refractivity contribution in [1.82, 2.24) is 5.32 Å². The van der Waals surface area contributed by atoms with Crippen molar-refractivity contribution in [3.05, 3.63) is 35.9 Å². The maximum atomic E-state index is 11.7. The highest BCUT2D eigenvalue weighted by molar-refractivity contribution is 5.74. The number of carbonyl (C=O) groups excluding carboxylic acids is 1. The smallest absolute Gasteiger partial charge is 0.217 e. The van der Waals surface area contributed by atoms with Crippen molar-refractivity contribution in [1.29, 1.82) is 0 Å². The highest BCUT2D eigenvalue weighted by atomic mass is 16.1. The predicted molar refractivity (Wildman–Crippen MR) is 76.9 cm³/mol. The van der Waals surface area contributed by atoms with Gasteiger partial charge in [-0.3, -0.25) is 4.79 Å². The van der Waals surface area contributed by atoms with Crippen LogP contribution in [0.15, 0.2) is 30.3 Å². The van der Waals surface area contributed by atoms with E-state index in [-0.39, 0.29) is 11.4 Å². The lowest BCUT2D eigenvalue weighted by atomic mass is 9.71. The Morgan fingerprint density at radius 3 is 2.53 bits per heavy atom. The number of nitrogens with one attached hydrogen (secondary N) is 2. The van der Waals surface area contributed by atoms with Gasteiger partial charge in [0, 0.05) is 19.3 Å². The van der Waals surface area contributed by atoms with E-state index in [9.17, 15) is 4.79 Å². The molecule has 1 heterocycles. The van der Waals surface area contributed by atoms with Crippen molar-refractivity contribution in [2.75, 3.05) is 13.6 Å². The molecule has 1 saturated heterocycles. The van der Waals surface area contributed by atoms with Crippen LogP contribution in [0.3, 0.4) is 0 Å². The van der Waals surface area contributed by atoms with Gasteiger partial charge in [0.05, 0.1) is 25.2 Å². The van der Waals surface area contributed by atoms with Gasteiger partial charge in [-0.25, -0.2) is 0 Å². The molecule has 0 saturated carbocycles. The molecular weight excluding hydrogens is 236 g/mol. The summed E-state index contributed by atoms with van der Waals surface area (Å²) in [5.41, 5.74) is 1.02. The molecule has 104 valence electrons. The number of likely N-dealkylation sites (tertiary alicyclic amines) is 1. The minimum absolute atomic E-state index is 0.0578. The number of carbonyl (C=O) groups is 1. The first-order valence-corrected chi connectivity index (χ1v) is 7.12. The molecule has 1 aliphatic heterocycles. The molecule has 3 heteroatoms. The van der Waals surface area contributed by atoms with Crippen molar-refractivity contribution >= 4 is 5.91 Å². The average Bonchev–Trinajstić information content (AvgIpc) is 2.36. The minimum Gasteiger partial charge on any atom is -0.346 e. The highest BCUT2D eigenvalue weighted by Crippen LogP contribution is 2.35. The molecule has 3 nitrogen and oxygen atoms in total. The van der Waals surface area contributed by atoms with E-state index < -0.39 is 0 Å². The largest absolute Gasteiger partial charge is 0.346 e. The molecule has 1 amide bonds. The van der Waals surface area contributed by atoms with E-state index in [0.29, 0.717) is 12.0 Å². The molecule has 0 spiro atoms. The summed E-state index contributed by atoms with van der Waals surface area (Å²) in [6.07, 6.45) is 0.990. The Labute approximate surface area is 116 Å². The lowest BCUT2D eigenvalue weighted by molar-refractivity contribution is -0.915. The maximum Gasteiger partial charge on any atom is 0.217 e. The van der Waals surface area contributed by atoms with Gasteiger partial charge in [-0.05, 0) is 12.5 Å². The summed E-state index contributed by atoms with van der Waals surface area (Å²) >= 11 is 0. The third-order valence-electron chi connectivity index (χ3n) is 4.63. The minimum atomic E-state index is -0.216. The Hall–Kier alpha value is -1.35. The lowest BCUT2D eigenvalue weighted by Gasteiger charge is -2.47. The summed E-state index contributed by atoms with van der Waals surface area (Å²) in [7, 11) is 2.24. The van der Waals surface area contributed by atoms with Crippen LogP contribution in [0.1, 0.15) is 32.8 Å². The molecule has 1 aliphatic rings. The quantitative estimate of drug-likeness (QED) is 0.817. The Kier molecular flexibility index (Phi) is 3.95. The van der Waals surface area contributed by atoms with Crippen molar-refractivity contribution < 1.29 is 9.69 Å². The van der Waals surface area contributed by atoms with Crippen LogP contribution in [-0.2, 0) is 10.3 Å². The van der Waals surface area contributed by atoms with Crippen molar-refractivity contribution in [2.24, 2.45) is 5.92 Å². The second kappa shape index (κ2) is 5.33. The maximum absolute atomic E-state index is 11.7. The molecule has 1 aromatic rings. The van der Waals surface area contributed by atoms with Gasteiger partial charge in [0.2, 0.25) is 5.91 Å². The van der Waals surface area contributed by atoms with Crippen LogP contribution in [0.25, 0.3) is 0 Å². The molecular formula is C16H25N2O+. The van der Waals surface area contributed by atoms with Crippen LogP contribution in [0.4, 0.5) is 0 Å². The van der Waals surface area contributed by atoms with Crippen molar-refractivity contribution in [3.8, 4) is 0 Å². The zero-order valence-corrected chi connectivity index (χ0v) is 12.4. The number of quaternary nitrogens is 1. The third kappa shape index (κ3) is 2.66. The molecule has 1 unspecified atom stereocenters. The summed E-state index contributed by atoms with van der Waals surface area (Å²) in [6.45, 7) is 7.21. The second-order valence-electron chi connectivity index (χ2n) is 6.08. The van der Waals surface area contributed by atoms with E-state index in [1.165, 1.54) is 5.56 Å². The fourth-order valence-electron chi connectivity index (χ4n) is 3.42. The van der Waals surface area contributed by atoms with Gasteiger partial charge >= 0.3 is 0 Å². The number of hydrogen-bond donors (Lipinski definition) is 2. The van der Waals surface area contributed by atoms with Gasteiger partial charge in [0.15, 0.2) is 0 Å². The Balaban J connectivity index is 2.43. The fraction of sp³-hybridized carbons (Fsp3) is 0.562. The summed E-state index contributed by atoms with van der Waals surface area (Å²) in [4.78, 5) is 13.3. The molecule has 0 radical (unpaired) electrons. The van der Waals surface area contributed by atoms with Crippen LogP contribution in [0, 0.1) is 5.92 Å². The van der Waals surface area contributed by atoms with E-state index in [0.717, 1.165) is 13.0 Å². The average molecular weight is 261 g/mol. The van der Waals surface area contributed by atoms with E-state index in [1.807, 2.05) is 6.07 Å². The van der Waals surface area contributed by atoms with Gasteiger partial charge in [0.25, 0.3) is 0 Å². The summed E-state index contributed by atoms with van der Waals surface area (Å²) in [6, 6.07) is 11.0. The third-order valence-corrected chi connectivity index (χ3v) is 4.63. The van der Waals surface area contributed by atoms with E-state index >= 15 is 0 Å². The van der Waals surface area contributed by atoms with E-state index in [1.54, 1.807) is 11.8 Å². The zero-order chi connectivity index (χ0) is 14.0. The Morgan fingerprint density at radius 1 is 1.32 bits per heavy atom. The zero-order valence-electron chi connectivity index (χ0n) is 12.4. The standard InChI is InChI=1S/C16H24N2O/c1-12-11-18(4)13(2)10-16(12,17-14(3)19)15-8-6-5-7-9-15/h5-9,12-13H,10-11H2,1-4H3,(H,17,19)/p+1/t12-,13+,16-/m1/s1. The van der Waals surface area contributed by atoms with Crippen molar-refractivity contribution in [3.63, 3.8) is 0 Å². The molecule has 1 aromatic carbocycles. The normalized spacial score (nSPS) is 34.8. The second-order valence-corrected chi connectivity index (χ2v) is 6.08. The molecule has 4 atom stereocenters. The molecule has 2 N–H and O–H groups in total. The number of benzene rings is 1. The van der Waals surface area contributed by atoms with Crippen LogP contribution >= 0.6 is 0 Å². The summed E-state index contributed by atoms with van der Waals surface area (Å²) in [5, 5.41) is 3.26. The lowest BCUT2D eigenvalue weighted by Crippen LogP contribution is -3.15. The van der Waals surface area contributed by atoms with Gasteiger partial charge in [0.1, 0.15) is 0 Å². The molecule has 19 heavy (non-hydrogen) atoms. The fourth-order valence-corrected chi connectivity index (χ4v) is 3.42. The van der Waals surface area contributed by atoms with Crippen LogP contribution in [0.5, 0.6) is 0 Å². The first kappa shape index (κ1) is 14.1. The Morgan fingerprint density at radius 2 is 1.95 bits per heavy atom. The number of rotatable bonds is 2. The first-order valence-electron chi connectivity index (χ1n) is 7.12. The topological polar surface area (TPSA) is 33.5 Å². The number of amides is 1. The molecule has 1 fully saturated rings. The van der Waals surface area contributed by atoms with E-state index in [2.05, 4.69) is 50.5 Å². The molecule has 0 aliphatic carbocycles. The monoisotopic (exact) mass is 261 g/mol. The van der Waals surface area contributed by atoms with Gasteiger partial charge in [-0.2, -0.15) is 0 Å². The molecule has 0 aromatic heterocycles. The van der Waals surface area contributed by atoms with Gasteiger partial charge < -0.3 is 10.2 Å². The SMILES string of the molecule is CC(=O)N[C@]1(c2ccccc2)C[C@H](C)[NH+](C)C[C@H]1C. The predicted octanol–water partition coefficient (Wildman–Crippen LogP) is 0.961. The van der Waals surface area contributed by atoms with Gasteiger partial charge in [-0.1, -0.05) is 37.3 Å².